The van der Waals surface area contributed by atoms with Crippen molar-refractivity contribution in [2.75, 3.05) is 19.8 Å². The Morgan fingerprint density at radius 3 is 1.37 bits per heavy atom. The van der Waals surface area contributed by atoms with Crippen molar-refractivity contribution in [1.29, 1.82) is 0 Å². The molecule has 0 amide bonds. The number of ether oxygens (including phenoxy) is 7. The van der Waals surface area contributed by atoms with Crippen LogP contribution in [-0.2, 0) is 14.2 Å². The lowest BCUT2D eigenvalue weighted by Gasteiger charge is -2.39. The highest BCUT2D eigenvalue weighted by Gasteiger charge is 2.47. The minimum atomic E-state index is -1.76. The molecule has 4 aliphatic rings. The topological polar surface area (TPSA) is 348 Å². The smallest absolute Gasteiger partial charge is 0.229 e. The van der Waals surface area contributed by atoms with Gasteiger partial charge in [-0.25, -0.2) is 0 Å². The number of fused-ring (bicyclic) bond motifs is 1. The fourth-order valence-corrected chi connectivity index (χ4v) is 8.43. The minimum absolute atomic E-state index is 0.0570. The van der Waals surface area contributed by atoms with Crippen molar-refractivity contribution in [1.82, 2.24) is 0 Å². The lowest BCUT2D eigenvalue weighted by atomic mass is 9.84. The van der Waals surface area contributed by atoms with Crippen molar-refractivity contribution >= 4 is 12.2 Å². The molecular formula is C46H52O21. The summed E-state index contributed by atoms with van der Waals surface area (Å²) in [4.78, 5) is 0. The number of rotatable bonds is 13. The van der Waals surface area contributed by atoms with Crippen LogP contribution in [0.15, 0.2) is 78.9 Å². The maximum absolute atomic E-state index is 11.7. The standard InChI is InChI=1S/C46H52O21/c47-16-29-34(52)37(55)40(58)44(65-29)61-24-7-3-19(4-8-24)1-2-20-11-27(51)33-28(12-20)64-43(21-5-9-25(10-6-21)62-45-41(59)38(56)35(53)30(17-48)66-45)32(33)22-13-23(50)15-26(14-22)63-46-42(60)39(57)36(54)31(18-49)67-46/h1-15,29-32,34-60H,16-18H2/t29-,30-,31-,32-,34-,35-,36-,37+,38+,39+,40-,41-,42-,43+,44-,45-,46-/m1/s1. The lowest BCUT2D eigenvalue weighted by Crippen LogP contribution is -2.60. The Kier molecular flexibility index (Phi) is 14.6. The average Bonchev–Trinajstić information content (AvgIpc) is 3.72. The number of phenols is 2. The van der Waals surface area contributed by atoms with Gasteiger partial charge in [-0.15, -0.1) is 0 Å². The van der Waals surface area contributed by atoms with E-state index < -0.39 is 124 Å². The first kappa shape index (κ1) is 48.3. The van der Waals surface area contributed by atoms with E-state index in [1.54, 1.807) is 54.6 Å². The molecule has 3 saturated heterocycles. The van der Waals surface area contributed by atoms with E-state index in [9.17, 15) is 71.5 Å². The van der Waals surface area contributed by atoms with Gasteiger partial charge in [0, 0.05) is 11.6 Å². The molecule has 0 spiro atoms. The Morgan fingerprint density at radius 1 is 0.448 bits per heavy atom. The molecule has 67 heavy (non-hydrogen) atoms. The highest BCUT2D eigenvalue weighted by atomic mass is 16.7. The fourth-order valence-electron chi connectivity index (χ4n) is 8.43. The third-order valence-corrected chi connectivity index (χ3v) is 12.1. The van der Waals surface area contributed by atoms with Crippen LogP contribution >= 0.6 is 0 Å². The van der Waals surface area contributed by atoms with E-state index in [4.69, 9.17) is 33.2 Å². The van der Waals surface area contributed by atoms with Gasteiger partial charge in [-0.3, -0.25) is 0 Å². The quantitative estimate of drug-likeness (QED) is 0.0649. The third-order valence-electron chi connectivity index (χ3n) is 12.1. The first-order valence-corrected chi connectivity index (χ1v) is 21.3. The number of benzene rings is 4. The summed E-state index contributed by atoms with van der Waals surface area (Å²) in [6.07, 6.45) is -20.3. The van der Waals surface area contributed by atoms with E-state index in [1.165, 1.54) is 36.4 Å². The maximum Gasteiger partial charge on any atom is 0.229 e. The van der Waals surface area contributed by atoms with Gasteiger partial charge in [0.1, 0.15) is 114 Å². The largest absolute Gasteiger partial charge is 0.508 e. The summed E-state index contributed by atoms with van der Waals surface area (Å²) in [5.74, 6) is -0.768. The van der Waals surface area contributed by atoms with Crippen molar-refractivity contribution < 1.29 is 105 Å². The molecule has 362 valence electrons. The predicted molar refractivity (Wildman–Crippen MR) is 226 cm³/mol. The summed E-state index contributed by atoms with van der Waals surface area (Å²) in [5, 5.41) is 144. The molecular weight excluding hydrogens is 888 g/mol. The molecule has 8 rings (SSSR count). The normalized spacial score (nSPS) is 35.2. The molecule has 3 fully saturated rings. The predicted octanol–water partition coefficient (Wildman–Crippen LogP) is -1.93. The summed E-state index contributed by atoms with van der Waals surface area (Å²) >= 11 is 0. The molecule has 14 N–H and O–H groups in total. The van der Waals surface area contributed by atoms with Crippen LogP contribution in [0.25, 0.3) is 12.2 Å². The van der Waals surface area contributed by atoms with E-state index in [2.05, 4.69) is 0 Å². The number of hydrogen-bond donors (Lipinski definition) is 14. The fraction of sp³-hybridized carbons (Fsp3) is 0.435. The zero-order valence-corrected chi connectivity index (χ0v) is 35.2. The van der Waals surface area contributed by atoms with Crippen LogP contribution in [0.1, 0.15) is 39.8 Å². The Bertz CT molecular complexity index is 2320. The number of aliphatic hydroxyl groups is 12. The Morgan fingerprint density at radius 2 is 0.896 bits per heavy atom. The van der Waals surface area contributed by atoms with E-state index in [-0.39, 0.29) is 34.5 Å². The first-order valence-electron chi connectivity index (χ1n) is 21.3. The van der Waals surface area contributed by atoms with E-state index in [1.807, 2.05) is 0 Å². The second-order valence-corrected chi connectivity index (χ2v) is 16.6. The molecule has 0 aromatic heterocycles. The number of aromatic hydroxyl groups is 2. The van der Waals surface area contributed by atoms with Crippen LogP contribution in [-0.4, -0.2) is 183 Å². The Hall–Kier alpha value is -5.18. The second-order valence-electron chi connectivity index (χ2n) is 16.6. The molecule has 4 heterocycles. The second kappa shape index (κ2) is 20.2. The molecule has 0 radical (unpaired) electrons. The van der Waals surface area contributed by atoms with Crippen LogP contribution in [0, 0.1) is 0 Å². The van der Waals surface area contributed by atoms with Gasteiger partial charge < -0.3 is 105 Å². The van der Waals surface area contributed by atoms with Crippen LogP contribution in [0.4, 0.5) is 0 Å². The zero-order valence-electron chi connectivity index (χ0n) is 35.2. The molecule has 0 saturated carbocycles. The molecule has 0 unspecified atom stereocenters. The summed E-state index contributed by atoms with van der Waals surface area (Å²) in [5.41, 5.74) is 2.35. The number of aliphatic hydroxyl groups excluding tert-OH is 12. The average molecular weight is 941 g/mol. The van der Waals surface area contributed by atoms with Crippen molar-refractivity contribution in [3.8, 4) is 34.5 Å². The molecule has 0 bridgehead atoms. The molecule has 4 aliphatic heterocycles. The van der Waals surface area contributed by atoms with Gasteiger partial charge in [0.2, 0.25) is 18.9 Å². The molecule has 0 aliphatic carbocycles. The maximum atomic E-state index is 11.7. The molecule has 21 heteroatoms. The highest BCUT2D eigenvalue weighted by molar-refractivity contribution is 5.73. The van der Waals surface area contributed by atoms with Gasteiger partial charge in [-0.2, -0.15) is 0 Å². The van der Waals surface area contributed by atoms with E-state index >= 15 is 0 Å². The summed E-state index contributed by atoms with van der Waals surface area (Å²) in [6.45, 7) is -1.97. The monoisotopic (exact) mass is 940 g/mol. The molecule has 4 aromatic carbocycles. The van der Waals surface area contributed by atoms with E-state index in [0.717, 1.165) is 0 Å². The molecule has 17 atom stereocenters. The van der Waals surface area contributed by atoms with E-state index in [0.29, 0.717) is 27.8 Å². The first-order chi connectivity index (χ1) is 32.1. The highest BCUT2D eigenvalue weighted by Crippen LogP contribution is 2.54. The van der Waals surface area contributed by atoms with Gasteiger partial charge in [0.15, 0.2) is 0 Å². The van der Waals surface area contributed by atoms with Crippen LogP contribution in [0.5, 0.6) is 34.5 Å². The van der Waals surface area contributed by atoms with Gasteiger partial charge in [-0.1, -0.05) is 36.4 Å². The Labute approximate surface area is 381 Å². The number of hydrogen-bond acceptors (Lipinski definition) is 21. The summed E-state index contributed by atoms with van der Waals surface area (Å²) < 4.78 is 40.3. The van der Waals surface area contributed by atoms with Gasteiger partial charge in [-0.05, 0) is 70.8 Å². The minimum Gasteiger partial charge on any atom is -0.508 e. The van der Waals surface area contributed by atoms with Crippen molar-refractivity contribution in [3.63, 3.8) is 0 Å². The van der Waals surface area contributed by atoms with Crippen LogP contribution < -0.4 is 18.9 Å². The van der Waals surface area contributed by atoms with Crippen molar-refractivity contribution in [3.05, 3.63) is 107 Å². The van der Waals surface area contributed by atoms with Crippen molar-refractivity contribution in [2.24, 2.45) is 0 Å². The van der Waals surface area contributed by atoms with Gasteiger partial charge in [0.25, 0.3) is 0 Å². The SMILES string of the molecule is OC[C@H]1O[C@@H](Oc2ccc(C=Cc3cc(O)c4c(c3)O[C@@H](c3ccc(O[C@@H]5O[C@H](CO)[C@@H](O)[C@H](O)[C@H]5O)cc3)[C@@H]4c3cc(O)cc(O[C@@H]4O[C@H](CO)[C@@H](O)[C@H](O)[C@H]4O)c3)cc2)[C@H](O)[C@@H](O)[C@@H]1O. The van der Waals surface area contributed by atoms with Crippen LogP contribution in [0.3, 0.4) is 0 Å². The van der Waals surface area contributed by atoms with Gasteiger partial charge >= 0.3 is 0 Å². The van der Waals surface area contributed by atoms with Crippen LogP contribution in [0.2, 0.25) is 0 Å². The molecule has 21 nitrogen and oxygen atoms in total. The Balaban J connectivity index is 1.07. The zero-order chi connectivity index (χ0) is 47.8. The third kappa shape index (κ3) is 9.90. The number of phenolic OH excluding ortho intramolecular Hbond substituents is 2. The summed E-state index contributed by atoms with van der Waals surface area (Å²) in [7, 11) is 0. The lowest BCUT2D eigenvalue weighted by molar-refractivity contribution is -0.277. The van der Waals surface area contributed by atoms with Crippen molar-refractivity contribution in [2.45, 2.75) is 104 Å². The molecule has 4 aromatic rings. The van der Waals surface area contributed by atoms with Gasteiger partial charge in [0.05, 0.1) is 25.7 Å². The summed E-state index contributed by atoms with van der Waals surface area (Å²) in [6, 6.07) is 20.1.